The molecule has 0 fully saturated rings. The van der Waals surface area contributed by atoms with Gasteiger partial charge in [0, 0.05) is 24.6 Å². The number of amides is 1. The van der Waals surface area contributed by atoms with Crippen LogP contribution in [0.15, 0.2) is 18.2 Å². The van der Waals surface area contributed by atoms with Crippen LogP contribution in [-0.2, 0) is 16.1 Å². The fraction of sp³-hybridized carbons (Fsp3) is 0.333. The number of carboxylic acid groups (broad SMARTS) is 1. The molecule has 0 spiro atoms. The van der Waals surface area contributed by atoms with Crippen LogP contribution in [0.2, 0.25) is 0 Å². The monoisotopic (exact) mass is 255 g/mol. The Morgan fingerprint density at radius 3 is 2.72 bits per heavy atom. The zero-order valence-corrected chi connectivity index (χ0v) is 9.90. The quantitative estimate of drug-likeness (QED) is 0.803. The van der Waals surface area contributed by atoms with Gasteiger partial charge in [-0.1, -0.05) is 6.07 Å². The average Bonchev–Trinajstić information content (AvgIpc) is 2.34. The number of carbonyl (C=O) groups is 2. The van der Waals surface area contributed by atoms with E-state index in [1.165, 1.54) is 25.3 Å². The molecule has 0 heterocycles. The summed E-state index contributed by atoms with van der Waals surface area (Å²) in [6, 6.07) is 3.99. The van der Waals surface area contributed by atoms with Crippen LogP contribution in [0.3, 0.4) is 0 Å². The zero-order valence-electron chi connectivity index (χ0n) is 9.90. The Hall–Kier alpha value is -2.11. The molecular weight excluding hydrogens is 241 g/mol. The first-order valence-corrected chi connectivity index (χ1v) is 5.34. The highest BCUT2D eigenvalue weighted by molar-refractivity contribution is 5.80. The normalized spacial score (nSPS) is 9.89. The minimum atomic E-state index is -1.02. The molecule has 1 amide bonds. The molecule has 98 valence electrons. The third-order valence-corrected chi connectivity index (χ3v) is 2.29. The van der Waals surface area contributed by atoms with E-state index in [0.29, 0.717) is 11.3 Å². The number of carboxylic acids is 1. The second kappa shape index (κ2) is 6.58. The van der Waals surface area contributed by atoms with Crippen molar-refractivity contribution in [1.82, 2.24) is 5.32 Å². The highest BCUT2D eigenvalue weighted by atomic mass is 19.1. The maximum absolute atomic E-state index is 12.9. The molecule has 0 bridgehead atoms. The van der Waals surface area contributed by atoms with Gasteiger partial charge in [-0.2, -0.15) is 0 Å². The second-order valence-electron chi connectivity index (χ2n) is 3.63. The smallest absolute Gasteiger partial charge is 0.303 e. The first-order valence-electron chi connectivity index (χ1n) is 5.34. The van der Waals surface area contributed by atoms with Gasteiger partial charge in [0.1, 0.15) is 11.6 Å². The maximum atomic E-state index is 12.9. The van der Waals surface area contributed by atoms with Crippen molar-refractivity contribution in [3.8, 4) is 5.75 Å². The van der Waals surface area contributed by atoms with Gasteiger partial charge in [0.05, 0.1) is 13.5 Å². The molecule has 5 nitrogen and oxygen atoms in total. The van der Waals surface area contributed by atoms with Crippen LogP contribution in [0.5, 0.6) is 5.75 Å². The molecule has 2 N–H and O–H groups in total. The summed E-state index contributed by atoms with van der Waals surface area (Å²) in [6.07, 6.45) is -0.300. The van der Waals surface area contributed by atoms with Crippen molar-refractivity contribution in [3.05, 3.63) is 29.6 Å². The number of methoxy groups -OCH3 is 1. The first-order chi connectivity index (χ1) is 8.52. The van der Waals surface area contributed by atoms with Gasteiger partial charge < -0.3 is 15.2 Å². The van der Waals surface area contributed by atoms with Crippen molar-refractivity contribution in [1.29, 1.82) is 0 Å². The van der Waals surface area contributed by atoms with Crippen molar-refractivity contribution < 1.29 is 23.8 Å². The van der Waals surface area contributed by atoms with E-state index in [1.54, 1.807) is 0 Å². The third kappa shape index (κ3) is 4.40. The summed E-state index contributed by atoms with van der Waals surface area (Å²) < 4.78 is 17.9. The predicted octanol–water partition coefficient (Wildman–Crippen LogP) is 1.32. The largest absolute Gasteiger partial charge is 0.496 e. The predicted molar refractivity (Wildman–Crippen MR) is 61.7 cm³/mol. The Morgan fingerprint density at radius 2 is 2.11 bits per heavy atom. The summed E-state index contributed by atoms with van der Waals surface area (Å²) in [5.41, 5.74) is 0.627. The van der Waals surface area contributed by atoms with Gasteiger partial charge in [-0.05, 0) is 6.07 Å². The topological polar surface area (TPSA) is 75.6 Å². The Kier molecular flexibility index (Phi) is 5.10. The molecule has 0 atom stereocenters. The minimum absolute atomic E-state index is 0.0845. The molecule has 1 aromatic carbocycles. The lowest BCUT2D eigenvalue weighted by atomic mass is 10.2. The van der Waals surface area contributed by atoms with Gasteiger partial charge in [0.15, 0.2) is 0 Å². The number of halogens is 1. The molecule has 1 aromatic rings. The van der Waals surface area contributed by atoms with Gasteiger partial charge in [0.25, 0.3) is 0 Å². The summed E-state index contributed by atoms with van der Waals surface area (Å²) in [4.78, 5) is 21.6. The van der Waals surface area contributed by atoms with Crippen LogP contribution in [0.4, 0.5) is 4.39 Å². The molecule has 0 aliphatic rings. The Balaban J connectivity index is 2.52. The van der Waals surface area contributed by atoms with Gasteiger partial charge in [-0.3, -0.25) is 9.59 Å². The third-order valence-electron chi connectivity index (χ3n) is 2.29. The molecule has 0 unspecified atom stereocenters. The average molecular weight is 255 g/mol. The standard InChI is InChI=1S/C12H14FNO4/c1-18-10-6-9(13)3-2-8(10)7-14-11(15)4-5-12(16)17/h2-3,6H,4-5,7H2,1H3,(H,14,15)(H,16,17). The molecule has 0 aromatic heterocycles. The molecule has 0 saturated carbocycles. The van der Waals surface area contributed by atoms with E-state index >= 15 is 0 Å². The molecule has 0 radical (unpaired) electrons. The Labute approximate surface area is 104 Å². The van der Waals surface area contributed by atoms with E-state index in [4.69, 9.17) is 9.84 Å². The number of aliphatic carboxylic acids is 1. The molecule has 0 aliphatic carbocycles. The van der Waals surface area contributed by atoms with E-state index in [9.17, 15) is 14.0 Å². The number of ether oxygens (including phenoxy) is 1. The summed E-state index contributed by atoms with van der Waals surface area (Å²) in [5.74, 6) is -1.48. The van der Waals surface area contributed by atoms with Crippen LogP contribution < -0.4 is 10.1 Å². The number of nitrogens with one attached hydrogen (secondary N) is 1. The van der Waals surface area contributed by atoms with Crippen LogP contribution >= 0.6 is 0 Å². The molecule has 1 rings (SSSR count). The van der Waals surface area contributed by atoms with E-state index in [2.05, 4.69) is 5.32 Å². The SMILES string of the molecule is COc1cc(F)ccc1CNC(=O)CCC(=O)O. The summed E-state index contributed by atoms with van der Waals surface area (Å²) in [5, 5.41) is 11.0. The first kappa shape index (κ1) is 14.0. The number of hydrogen-bond acceptors (Lipinski definition) is 3. The maximum Gasteiger partial charge on any atom is 0.303 e. The Bertz CT molecular complexity index is 448. The fourth-order valence-electron chi connectivity index (χ4n) is 1.37. The van der Waals surface area contributed by atoms with E-state index in [0.717, 1.165) is 0 Å². The van der Waals surface area contributed by atoms with E-state index < -0.39 is 11.8 Å². The number of hydrogen-bond donors (Lipinski definition) is 2. The molecule has 18 heavy (non-hydrogen) atoms. The molecular formula is C12H14FNO4. The molecule has 0 aliphatic heterocycles. The van der Waals surface area contributed by atoms with Gasteiger partial charge in [0.2, 0.25) is 5.91 Å². The van der Waals surface area contributed by atoms with Crippen molar-refractivity contribution in [2.24, 2.45) is 0 Å². The zero-order chi connectivity index (χ0) is 13.5. The fourth-order valence-corrected chi connectivity index (χ4v) is 1.37. The molecule has 0 saturated heterocycles. The van der Waals surface area contributed by atoms with E-state index in [1.807, 2.05) is 0 Å². The van der Waals surface area contributed by atoms with Crippen LogP contribution in [-0.4, -0.2) is 24.1 Å². The van der Waals surface area contributed by atoms with E-state index in [-0.39, 0.29) is 25.3 Å². The highest BCUT2D eigenvalue weighted by Crippen LogP contribution is 2.19. The highest BCUT2D eigenvalue weighted by Gasteiger charge is 2.08. The summed E-state index contributed by atoms with van der Waals surface area (Å²) in [6.45, 7) is 0.169. The lowest BCUT2D eigenvalue weighted by Crippen LogP contribution is -2.23. The van der Waals surface area contributed by atoms with Crippen molar-refractivity contribution in [3.63, 3.8) is 0 Å². The number of benzene rings is 1. The summed E-state index contributed by atoms with van der Waals surface area (Å²) in [7, 11) is 1.41. The minimum Gasteiger partial charge on any atom is -0.496 e. The van der Waals surface area contributed by atoms with Gasteiger partial charge in [-0.15, -0.1) is 0 Å². The number of carbonyl (C=O) groups excluding carboxylic acids is 1. The van der Waals surface area contributed by atoms with Gasteiger partial charge >= 0.3 is 5.97 Å². The van der Waals surface area contributed by atoms with Crippen molar-refractivity contribution in [2.75, 3.05) is 7.11 Å². The molecule has 6 heteroatoms. The van der Waals surface area contributed by atoms with Crippen molar-refractivity contribution in [2.45, 2.75) is 19.4 Å². The van der Waals surface area contributed by atoms with Crippen LogP contribution in [0.25, 0.3) is 0 Å². The lowest BCUT2D eigenvalue weighted by molar-refractivity contribution is -0.138. The van der Waals surface area contributed by atoms with Crippen LogP contribution in [0.1, 0.15) is 18.4 Å². The summed E-state index contributed by atoms with van der Waals surface area (Å²) >= 11 is 0. The van der Waals surface area contributed by atoms with Crippen molar-refractivity contribution >= 4 is 11.9 Å². The van der Waals surface area contributed by atoms with Crippen LogP contribution in [0, 0.1) is 5.82 Å². The Morgan fingerprint density at radius 1 is 1.39 bits per heavy atom. The number of rotatable bonds is 6. The second-order valence-corrected chi connectivity index (χ2v) is 3.63. The lowest BCUT2D eigenvalue weighted by Gasteiger charge is -2.09. The van der Waals surface area contributed by atoms with Gasteiger partial charge in [-0.25, -0.2) is 4.39 Å².